The van der Waals surface area contributed by atoms with Crippen molar-refractivity contribution in [2.75, 3.05) is 31.2 Å². The van der Waals surface area contributed by atoms with E-state index in [1.807, 2.05) is 0 Å². The molecule has 7 nitrogen and oxygen atoms in total. The average molecular weight is 252 g/mol. The van der Waals surface area contributed by atoms with Crippen LogP contribution in [0.2, 0.25) is 0 Å². The van der Waals surface area contributed by atoms with Crippen LogP contribution >= 0.6 is 0 Å². The van der Waals surface area contributed by atoms with Gasteiger partial charge >= 0.3 is 5.97 Å². The molecular formula is C11H16N4O3. The van der Waals surface area contributed by atoms with Crippen LogP contribution in [0, 0.1) is 0 Å². The molecule has 0 fully saturated rings. The van der Waals surface area contributed by atoms with Crippen LogP contribution in [0.1, 0.15) is 17.3 Å². The van der Waals surface area contributed by atoms with Crippen LogP contribution in [0.25, 0.3) is 0 Å². The van der Waals surface area contributed by atoms with Crippen LogP contribution in [0.15, 0.2) is 12.3 Å². The molecule has 0 radical (unpaired) electrons. The lowest BCUT2D eigenvalue weighted by atomic mass is 10.2. The van der Waals surface area contributed by atoms with Gasteiger partial charge in [0.15, 0.2) is 0 Å². The number of nitrogen functional groups attached to an aromatic ring is 1. The Morgan fingerprint density at radius 3 is 2.83 bits per heavy atom. The number of nitrogens with zero attached hydrogens (tertiary/aromatic N) is 1. The summed E-state index contributed by atoms with van der Waals surface area (Å²) in [4.78, 5) is 26.8. The number of pyridine rings is 1. The Bertz CT molecular complexity index is 448. The fourth-order valence-electron chi connectivity index (χ4n) is 1.24. The van der Waals surface area contributed by atoms with Gasteiger partial charge in [-0.15, -0.1) is 0 Å². The Kier molecular flexibility index (Phi) is 4.91. The molecule has 1 amide bonds. The Labute approximate surface area is 105 Å². The van der Waals surface area contributed by atoms with E-state index < -0.39 is 5.97 Å². The van der Waals surface area contributed by atoms with Crippen molar-refractivity contribution in [1.29, 1.82) is 0 Å². The molecular weight excluding hydrogens is 236 g/mol. The number of nitrogens with two attached hydrogens (primary N) is 1. The minimum atomic E-state index is -0.531. The molecule has 1 rings (SSSR count). The zero-order valence-electron chi connectivity index (χ0n) is 10.3. The molecule has 4 N–H and O–H groups in total. The Hall–Kier alpha value is -2.31. The first kappa shape index (κ1) is 13.8. The van der Waals surface area contributed by atoms with E-state index in [1.54, 1.807) is 6.92 Å². The van der Waals surface area contributed by atoms with Crippen molar-refractivity contribution < 1.29 is 14.3 Å². The van der Waals surface area contributed by atoms with Crippen LogP contribution in [-0.2, 0) is 9.53 Å². The molecule has 0 aliphatic rings. The molecule has 0 bridgehead atoms. The smallest absolute Gasteiger partial charge is 0.341 e. The number of amides is 1. The quantitative estimate of drug-likeness (QED) is 0.637. The summed E-state index contributed by atoms with van der Waals surface area (Å²) in [5.74, 6) is -0.480. The van der Waals surface area contributed by atoms with Gasteiger partial charge in [0.2, 0.25) is 5.91 Å². The average Bonchev–Trinajstić information content (AvgIpc) is 2.37. The third kappa shape index (κ3) is 3.62. The highest BCUT2D eigenvalue weighted by atomic mass is 16.5. The maximum Gasteiger partial charge on any atom is 0.341 e. The molecule has 18 heavy (non-hydrogen) atoms. The fourth-order valence-corrected chi connectivity index (χ4v) is 1.24. The molecule has 0 saturated heterocycles. The summed E-state index contributed by atoms with van der Waals surface area (Å²) in [6.45, 7) is 1.97. The fraction of sp³-hybridized carbons (Fsp3) is 0.364. The first-order chi connectivity index (χ1) is 8.58. The van der Waals surface area contributed by atoms with Crippen molar-refractivity contribution in [3.8, 4) is 0 Å². The van der Waals surface area contributed by atoms with E-state index in [0.29, 0.717) is 5.69 Å². The number of esters is 1. The molecule has 0 atom stereocenters. The van der Waals surface area contributed by atoms with Gasteiger partial charge in [0, 0.05) is 7.05 Å². The van der Waals surface area contributed by atoms with E-state index in [0.717, 1.165) is 0 Å². The minimum Gasteiger partial charge on any atom is -0.462 e. The van der Waals surface area contributed by atoms with Crippen molar-refractivity contribution in [1.82, 2.24) is 10.3 Å². The second-order valence-electron chi connectivity index (χ2n) is 3.41. The molecule has 98 valence electrons. The van der Waals surface area contributed by atoms with Crippen LogP contribution in [0.4, 0.5) is 11.5 Å². The third-order valence-electron chi connectivity index (χ3n) is 2.10. The molecule has 0 unspecified atom stereocenters. The van der Waals surface area contributed by atoms with Gasteiger partial charge in [0.05, 0.1) is 25.0 Å². The summed E-state index contributed by atoms with van der Waals surface area (Å²) in [5, 5.41) is 5.20. The summed E-state index contributed by atoms with van der Waals surface area (Å²) in [7, 11) is 1.52. The highest BCUT2D eigenvalue weighted by Gasteiger charge is 2.14. The second kappa shape index (κ2) is 6.43. The minimum absolute atomic E-state index is 0.0137. The predicted octanol–water partition coefficient (Wildman–Crippen LogP) is -0.00160. The predicted molar refractivity (Wildman–Crippen MR) is 67.2 cm³/mol. The normalized spacial score (nSPS) is 9.67. The van der Waals surface area contributed by atoms with Gasteiger partial charge in [0.25, 0.3) is 0 Å². The number of likely N-dealkylation sites (N-methyl/N-ethyl adjacent to an activating group) is 1. The van der Waals surface area contributed by atoms with Gasteiger partial charge in [-0.1, -0.05) is 0 Å². The zero-order chi connectivity index (χ0) is 13.5. The number of ether oxygens (including phenoxy) is 1. The number of hydrogen-bond donors (Lipinski definition) is 3. The summed E-state index contributed by atoms with van der Waals surface area (Å²) in [5.41, 5.74) is 6.13. The van der Waals surface area contributed by atoms with Gasteiger partial charge in [-0.2, -0.15) is 0 Å². The summed E-state index contributed by atoms with van der Waals surface area (Å²) in [6.07, 6.45) is 1.40. The largest absolute Gasteiger partial charge is 0.462 e. The molecule has 7 heteroatoms. The van der Waals surface area contributed by atoms with E-state index in [2.05, 4.69) is 15.6 Å². The Balaban J connectivity index is 2.89. The number of rotatable bonds is 5. The maximum absolute atomic E-state index is 11.7. The van der Waals surface area contributed by atoms with Crippen molar-refractivity contribution in [2.24, 2.45) is 0 Å². The molecule has 0 aliphatic carbocycles. The lowest BCUT2D eigenvalue weighted by molar-refractivity contribution is -0.118. The number of anilines is 2. The maximum atomic E-state index is 11.7. The van der Waals surface area contributed by atoms with Gasteiger partial charge < -0.3 is 21.1 Å². The Morgan fingerprint density at radius 2 is 2.22 bits per heavy atom. The van der Waals surface area contributed by atoms with Crippen LogP contribution in [-0.4, -0.2) is 37.1 Å². The molecule has 0 saturated carbocycles. The topological polar surface area (TPSA) is 106 Å². The molecule has 0 aliphatic heterocycles. The molecule has 0 aromatic carbocycles. The summed E-state index contributed by atoms with van der Waals surface area (Å²) >= 11 is 0. The first-order valence-corrected chi connectivity index (χ1v) is 5.45. The number of aromatic nitrogens is 1. The summed E-state index contributed by atoms with van der Waals surface area (Å²) in [6, 6.07) is 1.46. The van der Waals surface area contributed by atoms with Gasteiger partial charge in [-0.3, -0.25) is 4.79 Å². The number of carbonyl (C=O) groups is 2. The van der Waals surface area contributed by atoms with Gasteiger partial charge in [-0.05, 0) is 13.0 Å². The van der Waals surface area contributed by atoms with E-state index in [4.69, 9.17) is 10.5 Å². The number of carbonyl (C=O) groups excluding carboxylic acids is 2. The van der Waals surface area contributed by atoms with Crippen LogP contribution in [0.3, 0.4) is 0 Å². The SMILES string of the molecule is CCOC(=O)c1cc(N)cnc1NCC(=O)NC. The lowest BCUT2D eigenvalue weighted by Crippen LogP contribution is -2.27. The van der Waals surface area contributed by atoms with Crippen molar-refractivity contribution in [2.45, 2.75) is 6.92 Å². The van der Waals surface area contributed by atoms with E-state index in [1.165, 1.54) is 19.3 Å². The molecule has 0 spiro atoms. The number of hydrogen-bond acceptors (Lipinski definition) is 6. The van der Waals surface area contributed by atoms with Crippen molar-refractivity contribution in [3.63, 3.8) is 0 Å². The monoisotopic (exact) mass is 252 g/mol. The second-order valence-corrected chi connectivity index (χ2v) is 3.41. The highest BCUT2D eigenvalue weighted by Crippen LogP contribution is 2.16. The Morgan fingerprint density at radius 1 is 1.50 bits per heavy atom. The molecule has 1 aromatic heterocycles. The lowest BCUT2D eigenvalue weighted by Gasteiger charge is -2.10. The van der Waals surface area contributed by atoms with Crippen LogP contribution in [0.5, 0.6) is 0 Å². The van der Waals surface area contributed by atoms with Crippen LogP contribution < -0.4 is 16.4 Å². The zero-order valence-corrected chi connectivity index (χ0v) is 10.3. The highest BCUT2D eigenvalue weighted by molar-refractivity contribution is 5.96. The first-order valence-electron chi connectivity index (χ1n) is 5.45. The third-order valence-corrected chi connectivity index (χ3v) is 2.10. The van der Waals surface area contributed by atoms with E-state index in [-0.39, 0.29) is 30.4 Å². The van der Waals surface area contributed by atoms with Gasteiger partial charge in [0.1, 0.15) is 11.4 Å². The van der Waals surface area contributed by atoms with Crippen molar-refractivity contribution in [3.05, 3.63) is 17.8 Å². The standard InChI is InChI=1S/C11H16N4O3/c1-3-18-11(17)8-4-7(12)5-14-10(8)15-6-9(16)13-2/h4-5H,3,6,12H2,1-2H3,(H,13,16)(H,14,15). The number of nitrogens with one attached hydrogen (secondary N) is 2. The summed E-state index contributed by atoms with van der Waals surface area (Å²) < 4.78 is 4.88. The van der Waals surface area contributed by atoms with E-state index >= 15 is 0 Å². The molecule has 1 heterocycles. The molecule has 1 aromatic rings. The van der Waals surface area contributed by atoms with Gasteiger partial charge in [-0.25, -0.2) is 9.78 Å². The van der Waals surface area contributed by atoms with Crippen molar-refractivity contribution >= 4 is 23.4 Å². The van der Waals surface area contributed by atoms with E-state index in [9.17, 15) is 9.59 Å².